The van der Waals surface area contributed by atoms with Crippen LogP contribution in [0.3, 0.4) is 0 Å². The molecule has 0 saturated carbocycles. The van der Waals surface area contributed by atoms with E-state index in [0.717, 1.165) is 43.1 Å². The maximum atomic E-state index is 5.17. The number of nitrogens with one attached hydrogen (secondary N) is 1. The maximum Gasteiger partial charge on any atom is 0.118 e. The zero-order chi connectivity index (χ0) is 12.4. The average molecular weight is 243 g/mol. The first-order valence-electron chi connectivity index (χ1n) is 6.29. The molecule has 4 nitrogen and oxygen atoms in total. The number of benzene rings is 1. The number of aryl methyl sites for hydroxylation is 1. The quantitative estimate of drug-likeness (QED) is 0.877. The Morgan fingerprint density at radius 2 is 2.11 bits per heavy atom. The van der Waals surface area contributed by atoms with Crippen molar-refractivity contribution in [1.29, 1.82) is 0 Å². The third-order valence-electron chi connectivity index (χ3n) is 3.28. The third-order valence-corrected chi connectivity index (χ3v) is 3.28. The molecule has 0 bridgehead atoms. The van der Waals surface area contributed by atoms with Crippen LogP contribution in [0.15, 0.2) is 30.3 Å². The van der Waals surface area contributed by atoms with Crippen molar-refractivity contribution in [3.05, 3.63) is 36.0 Å². The van der Waals surface area contributed by atoms with Gasteiger partial charge < -0.3 is 10.1 Å². The standard InChI is InChI=1S/C14H17N3O/c1-18-13-5-3-11(4-6-13)14-9-12-10-15-7-2-8-17(12)16-14/h3-6,9,15H,2,7-8,10H2,1H3. The summed E-state index contributed by atoms with van der Waals surface area (Å²) in [6.07, 6.45) is 1.14. The lowest BCUT2D eigenvalue weighted by atomic mass is 10.1. The number of methoxy groups -OCH3 is 1. The summed E-state index contributed by atoms with van der Waals surface area (Å²) in [5, 5.41) is 8.08. The Balaban J connectivity index is 1.91. The molecule has 0 saturated heterocycles. The second-order valence-electron chi connectivity index (χ2n) is 4.50. The van der Waals surface area contributed by atoms with Crippen LogP contribution in [0.2, 0.25) is 0 Å². The number of rotatable bonds is 2. The van der Waals surface area contributed by atoms with E-state index < -0.39 is 0 Å². The fourth-order valence-electron chi connectivity index (χ4n) is 2.26. The van der Waals surface area contributed by atoms with Gasteiger partial charge in [-0.2, -0.15) is 5.10 Å². The molecule has 0 fully saturated rings. The van der Waals surface area contributed by atoms with Gasteiger partial charge in [0.05, 0.1) is 18.5 Å². The zero-order valence-electron chi connectivity index (χ0n) is 10.5. The van der Waals surface area contributed by atoms with Gasteiger partial charge in [0.25, 0.3) is 0 Å². The topological polar surface area (TPSA) is 39.1 Å². The van der Waals surface area contributed by atoms with Crippen LogP contribution in [0.5, 0.6) is 5.75 Å². The molecule has 2 heterocycles. The van der Waals surface area contributed by atoms with Gasteiger partial charge in [0.2, 0.25) is 0 Å². The lowest BCUT2D eigenvalue weighted by molar-refractivity contribution is 0.415. The molecule has 2 aromatic rings. The number of aromatic nitrogens is 2. The number of hydrogen-bond donors (Lipinski definition) is 1. The predicted octanol–water partition coefficient (Wildman–Crippen LogP) is 2.05. The van der Waals surface area contributed by atoms with Crippen molar-refractivity contribution in [2.24, 2.45) is 0 Å². The van der Waals surface area contributed by atoms with Crippen LogP contribution in [0.25, 0.3) is 11.3 Å². The summed E-state index contributed by atoms with van der Waals surface area (Å²) in [4.78, 5) is 0. The highest BCUT2D eigenvalue weighted by molar-refractivity contribution is 5.60. The molecule has 1 N–H and O–H groups in total. The van der Waals surface area contributed by atoms with Crippen LogP contribution in [0.4, 0.5) is 0 Å². The summed E-state index contributed by atoms with van der Waals surface area (Å²) in [6, 6.07) is 10.2. The van der Waals surface area contributed by atoms with Crippen LogP contribution in [0, 0.1) is 0 Å². The first kappa shape index (κ1) is 11.3. The highest BCUT2D eigenvalue weighted by Crippen LogP contribution is 2.22. The van der Waals surface area contributed by atoms with Gasteiger partial charge in [-0.1, -0.05) is 0 Å². The molecule has 94 valence electrons. The molecule has 0 unspecified atom stereocenters. The normalized spacial score (nSPS) is 14.9. The Hall–Kier alpha value is -1.81. The monoisotopic (exact) mass is 243 g/mol. The summed E-state index contributed by atoms with van der Waals surface area (Å²) in [6.45, 7) is 2.98. The van der Waals surface area contributed by atoms with Crippen molar-refractivity contribution in [3.8, 4) is 17.0 Å². The minimum absolute atomic E-state index is 0.876. The van der Waals surface area contributed by atoms with E-state index in [2.05, 4.69) is 33.3 Å². The first-order chi connectivity index (χ1) is 8.86. The van der Waals surface area contributed by atoms with Crippen molar-refractivity contribution in [3.63, 3.8) is 0 Å². The first-order valence-corrected chi connectivity index (χ1v) is 6.29. The molecular formula is C14H17N3O. The molecular weight excluding hydrogens is 226 g/mol. The third kappa shape index (κ3) is 2.11. The van der Waals surface area contributed by atoms with Crippen LogP contribution in [0.1, 0.15) is 12.1 Å². The molecule has 0 radical (unpaired) electrons. The van der Waals surface area contributed by atoms with Crippen molar-refractivity contribution < 1.29 is 4.74 Å². The zero-order valence-corrected chi connectivity index (χ0v) is 10.5. The summed E-state index contributed by atoms with van der Waals surface area (Å²) >= 11 is 0. The fraction of sp³-hybridized carbons (Fsp3) is 0.357. The Kier molecular flexibility index (Phi) is 3.02. The Morgan fingerprint density at radius 3 is 2.89 bits per heavy atom. The van der Waals surface area contributed by atoms with Crippen molar-refractivity contribution in [1.82, 2.24) is 15.1 Å². The molecule has 4 heteroatoms. The molecule has 0 atom stereocenters. The van der Waals surface area contributed by atoms with Gasteiger partial charge in [0.15, 0.2) is 0 Å². The van der Waals surface area contributed by atoms with Crippen LogP contribution in [-0.2, 0) is 13.1 Å². The Bertz CT molecular complexity index is 507. The van der Waals surface area contributed by atoms with E-state index in [9.17, 15) is 0 Å². The number of ether oxygens (including phenoxy) is 1. The average Bonchev–Trinajstić information content (AvgIpc) is 2.70. The molecule has 18 heavy (non-hydrogen) atoms. The summed E-state index contributed by atoms with van der Waals surface area (Å²) in [5.74, 6) is 0.876. The molecule has 1 aliphatic heterocycles. The van der Waals surface area contributed by atoms with Crippen molar-refractivity contribution in [2.45, 2.75) is 19.5 Å². The SMILES string of the molecule is COc1ccc(-c2cc3n(n2)CCCNC3)cc1. The van der Waals surface area contributed by atoms with E-state index in [-0.39, 0.29) is 0 Å². The summed E-state index contributed by atoms with van der Waals surface area (Å²) < 4.78 is 7.28. The second-order valence-corrected chi connectivity index (χ2v) is 4.50. The molecule has 3 rings (SSSR count). The molecule has 0 spiro atoms. The van der Waals surface area contributed by atoms with E-state index >= 15 is 0 Å². The Morgan fingerprint density at radius 1 is 1.28 bits per heavy atom. The van der Waals surface area contributed by atoms with Gasteiger partial charge in [0, 0.05) is 18.7 Å². The van der Waals surface area contributed by atoms with Crippen molar-refractivity contribution in [2.75, 3.05) is 13.7 Å². The van der Waals surface area contributed by atoms with Crippen molar-refractivity contribution >= 4 is 0 Å². The molecule has 1 aliphatic rings. The smallest absolute Gasteiger partial charge is 0.118 e. The second kappa shape index (κ2) is 4.82. The molecule has 0 amide bonds. The van der Waals surface area contributed by atoms with Gasteiger partial charge in [-0.25, -0.2) is 0 Å². The fourth-order valence-corrected chi connectivity index (χ4v) is 2.26. The van der Waals surface area contributed by atoms with Crippen LogP contribution < -0.4 is 10.1 Å². The minimum Gasteiger partial charge on any atom is -0.497 e. The number of hydrogen-bond acceptors (Lipinski definition) is 3. The largest absolute Gasteiger partial charge is 0.497 e. The van der Waals surface area contributed by atoms with Gasteiger partial charge in [-0.15, -0.1) is 0 Å². The molecule has 0 aliphatic carbocycles. The Labute approximate surface area is 107 Å². The molecule has 1 aromatic heterocycles. The van der Waals surface area contributed by atoms with Crippen LogP contribution in [-0.4, -0.2) is 23.4 Å². The van der Waals surface area contributed by atoms with E-state index in [0.29, 0.717) is 0 Å². The lowest BCUT2D eigenvalue weighted by Crippen LogP contribution is -2.11. The molecule has 1 aromatic carbocycles. The van der Waals surface area contributed by atoms with E-state index in [1.54, 1.807) is 7.11 Å². The summed E-state index contributed by atoms with van der Waals surface area (Å²) in [5.41, 5.74) is 3.44. The van der Waals surface area contributed by atoms with Gasteiger partial charge in [0.1, 0.15) is 5.75 Å². The number of fused-ring (bicyclic) bond motifs is 1. The minimum atomic E-state index is 0.876. The van der Waals surface area contributed by atoms with Gasteiger partial charge in [-0.05, 0) is 43.3 Å². The summed E-state index contributed by atoms with van der Waals surface area (Å²) in [7, 11) is 1.68. The van der Waals surface area contributed by atoms with Gasteiger partial charge >= 0.3 is 0 Å². The number of nitrogens with zero attached hydrogens (tertiary/aromatic N) is 2. The predicted molar refractivity (Wildman–Crippen MR) is 70.5 cm³/mol. The maximum absolute atomic E-state index is 5.17. The highest BCUT2D eigenvalue weighted by Gasteiger charge is 2.11. The van der Waals surface area contributed by atoms with E-state index in [1.807, 2.05) is 12.1 Å². The van der Waals surface area contributed by atoms with E-state index in [1.165, 1.54) is 5.69 Å². The lowest BCUT2D eigenvalue weighted by Gasteiger charge is -2.01. The van der Waals surface area contributed by atoms with Gasteiger partial charge in [-0.3, -0.25) is 4.68 Å². The van der Waals surface area contributed by atoms with Crippen LogP contribution >= 0.6 is 0 Å². The van der Waals surface area contributed by atoms with E-state index in [4.69, 9.17) is 4.74 Å². The highest BCUT2D eigenvalue weighted by atomic mass is 16.5.